The molecule has 2 heterocycles. The lowest BCUT2D eigenvalue weighted by Crippen LogP contribution is -2.18. The van der Waals surface area contributed by atoms with Gasteiger partial charge in [-0.1, -0.05) is 11.6 Å². The van der Waals surface area contributed by atoms with E-state index in [4.69, 9.17) is 11.6 Å². The van der Waals surface area contributed by atoms with Gasteiger partial charge in [-0.15, -0.1) is 0 Å². The third-order valence-corrected chi connectivity index (χ3v) is 4.24. The van der Waals surface area contributed by atoms with E-state index in [2.05, 4.69) is 32.5 Å². The van der Waals surface area contributed by atoms with Gasteiger partial charge in [0, 0.05) is 35.8 Å². The number of hydrogen-bond donors (Lipinski definition) is 2. The third-order valence-electron chi connectivity index (χ3n) is 3.98. The van der Waals surface area contributed by atoms with Gasteiger partial charge in [0.2, 0.25) is 0 Å². The molecule has 0 unspecified atom stereocenters. The number of nitrogens with zero attached hydrogens (tertiary/aromatic N) is 4. The maximum atomic E-state index is 5.96. The van der Waals surface area contributed by atoms with Crippen LogP contribution in [-0.4, -0.2) is 31.5 Å². The third kappa shape index (κ3) is 3.66. The smallest absolute Gasteiger partial charge is 0.151 e. The lowest BCUT2D eigenvalue weighted by atomic mass is 10.2. The van der Waals surface area contributed by atoms with Crippen LogP contribution in [0, 0.1) is 20.8 Å². The SMILES string of the molecule is Cc1nc(CCNCc2c(C)nn(-c3ccc(Cl)cc3)c2C)n[nH]1. The minimum Gasteiger partial charge on any atom is -0.312 e. The molecule has 6 nitrogen and oxygen atoms in total. The molecule has 0 saturated carbocycles. The Bertz CT molecular complexity index is 818. The fourth-order valence-corrected chi connectivity index (χ4v) is 2.80. The van der Waals surface area contributed by atoms with Gasteiger partial charge in [-0.2, -0.15) is 10.2 Å². The molecule has 2 aromatic heterocycles. The van der Waals surface area contributed by atoms with Gasteiger partial charge >= 0.3 is 0 Å². The Morgan fingerprint density at radius 3 is 2.58 bits per heavy atom. The summed E-state index contributed by atoms with van der Waals surface area (Å²) in [7, 11) is 0. The number of H-pyrrole nitrogens is 1. The maximum Gasteiger partial charge on any atom is 0.151 e. The molecule has 0 aliphatic carbocycles. The molecule has 0 spiro atoms. The molecule has 24 heavy (non-hydrogen) atoms. The predicted octanol–water partition coefficient (Wildman–Crippen LogP) is 2.90. The molecule has 1 aromatic carbocycles. The highest BCUT2D eigenvalue weighted by Gasteiger charge is 2.12. The molecule has 0 amide bonds. The molecule has 0 fully saturated rings. The van der Waals surface area contributed by atoms with Gasteiger partial charge in [0.1, 0.15) is 5.82 Å². The van der Waals surface area contributed by atoms with Crippen LogP contribution in [0.2, 0.25) is 5.02 Å². The standard InChI is InChI=1S/C17H21ClN6/c1-11-16(10-19-9-8-17-20-13(3)21-22-17)12(2)24(23-11)15-6-4-14(18)5-7-15/h4-7,19H,8-10H2,1-3H3,(H,20,21,22). The molecule has 3 rings (SSSR count). The molecule has 7 heteroatoms. The van der Waals surface area contributed by atoms with Crippen LogP contribution in [0.3, 0.4) is 0 Å². The zero-order chi connectivity index (χ0) is 17.1. The predicted molar refractivity (Wildman–Crippen MR) is 94.6 cm³/mol. The first-order valence-electron chi connectivity index (χ1n) is 7.94. The van der Waals surface area contributed by atoms with Crippen molar-refractivity contribution in [3.63, 3.8) is 0 Å². The topological polar surface area (TPSA) is 71.4 Å². The Labute approximate surface area is 146 Å². The second kappa shape index (κ2) is 7.15. The van der Waals surface area contributed by atoms with Crippen molar-refractivity contribution >= 4 is 11.6 Å². The lowest BCUT2D eigenvalue weighted by Gasteiger charge is -2.06. The molecule has 126 valence electrons. The molecule has 0 bridgehead atoms. The highest BCUT2D eigenvalue weighted by molar-refractivity contribution is 6.30. The average molecular weight is 345 g/mol. The Morgan fingerprint density at radius 1 is 1.17 bits per heavy atom. The summed E-state index contributed by atoms with van der Waals surface area (Å²) in [5.41, 5.74) is 4.40. The van der Waals surface area contributed by atoms with E-state index in [0.717, 1.165) is 53.3 Å². The fraction of sp³-hybridized carbons (Fsp3) is 0.353. The van der Waals surface area contributed by atoms with E-state index >= 15 is 0 Å². The summed E-state index contributed by atoms with van der Waals surface area (Å²) in [5, 5.41) is 15.8. The molecule has 0 aliphatic rings. The van der Waals surface area contributed by atoms with Crippen molar-refractivity contribution in [1.29, 1.82) is 0 Å². The highest BCUT2D eigenvalue weighted by Crippen LogP contribution is 2.19. The molecule has 0 radical (unpaired) electrons. The summed E-state index contributed by atoms with van der Waals surface area (Å²) < 4.78 is 1.96. The van der Waals surface area contributed by atoms with Crippen LogP contribution in [0.5, 0.6) is 0 Å². The van der Waals surface area contributed by atoms with E-state index in [1.54, 1.807) is 0 Å². The number of aromatic amines is 1. The second-order valence-corrected chi connectivity index (χ2v) is 6.24. The van der Waals surface area contributed by atoms with Crippen LogP contribution in [0.15, 0.2) is 24.3 Å². The van der Waals surface area contributed by atoms with Gasteiger partial charge in [-0.3, -0.25) is 5.10 Å². The number of halogens is 1. The van der Waals surface area contributed by atoms with Gasteiger partial charge in [0.05, 0.1) is 11.4 Å². The van der Waals surface area contributed by atoms with Gasteiger partial charge in [0.15, 0.2) is 5.82 Å². The summed E-state index contributed by atoms with van der Waals surface area (Å²) >= 11 is 5.96. The van der Waals surface area contributed by atoms with Crippen molar-refractivity contribution in [2.75, 3.05) is 6.54 Å². The Hall–Kier alpha value is -2.18. The summed E-state index contributed by atoms with van der Waals surface area (Å²) in [6.45, 7) is 7.62. The Balaban J connectivity index is 1.64. The van der Waals surface area contributed by atoms with Crippen molar-refractivity contribution < 1.29 is 0 Å². The van der Waals surface area contributed by atoms with Crippen molar-refractivity contribution in [1.82, 2.24) is 30.3 Å². The van der Waals surface area contributed by atoms with E-state index in [1.165, 1.54) is 5.56 Å². The zero-order valence-electron chi connectivity index (χ0n) is 14.1. The number of nitrogens with one attached hydrogen (secondary N) is 2. The molecule has 0 saturated heterocycles. The highest BCUT2D eigenvalue weighted by atomic mass is 35.5. The van der Waals surface area contributed by atoms with E-state index < -0.39 is 0 Å². The fourth-order valence-electron chi connectivity index (χ4n) is 2.68. The van der Waals surface area contributed by atoms with Gasteiger partial charge in [-0.25, -0.2) is 9.67 Å². The minimum atomic E-state index is 0.726. The van der Waals surface area contributed by atoms with Crippen LogP contribution in [-0.2, 0) is 13.0 Å². The van der Waals surface area contributed by atoms with Crippen molar-refractivity contribution in [2.24, 2.45) is 0 Å². The number of rotatable bonds is 6. The largest absolute Gasteiger partial charge is 0.312 e. The van der Waals surface area contributed by atoms with Crippen molar-refractivity contribution in [3.05, 3.63) is 57.9 Å². The summed E-state index contributed by atoms with van der Waals surface area (Å²) in [5.74, 6) is 1.69. The first kappa shape index (κ1) is 16.7. The van der Waals surface area contributed by atoms with Crippen molar-refractivity contribution in [2.45, 2.75) is 33.7 Å². The number of hydrogen-bond acceptors (Lipinski definition) is 4. The van der Waals surface area contributed by atoms with E-state index in [9.17, 15) is 0 Å². The quantitative estimate of drug-likeness (QED) is 0.674. The van der Waals surface area contributed by atoms with E-state index in [1.807, 2.05) is 42.8 Å². The number of aryl methyl sites for hydroxylation is 2. The van der Waals surface area contributed by atoms with Crippen molar-refractivity contribution in [3.8, 4) is 5.69 Å². The van der Waals surface area contributed by atoms with Crippen LogP contribution >= 0.6 is 11.6 Å². The Morgan fingerprint density at radius 2 is 1.92 bits per heavy atom. The molecule has 0 atom stereocenters. The van der Waals surface area contributed by atoms with E-state index in [0.29, 0.717) is 0 Å². The van der Waals surface area contributed by atoms with Crippen LogP contribution < -0.4 is 5.32 Å². The first-order valence-corrected chi connectivity index (χ1v) is 8.32. The first-order chi connectivity index (χ1) is 11.5. The van der Waals surface area contributed by atoms with Crippen LogP contribution in [0.1, 0.15) is 28.6 Å². The van der Waals surface area contributed by atoms with Gasteiger partial charge in [-0.05, 0) is 45.0 Å². The Kier molecular flexibility index (Phi) is 4.97. The lowest BCUT2D eigenvalue weighted by molar-refractivity contribution is 0.667. The zero-order valence-corrected chi connectivity index (χ0v) is 14.9. The summed E-state index contributed by atoms with van der Waals surface area (Å²) in [4.78, 5) is 4.31. The monoisotopic (exact) mass is 344 g/mol. The molecule has 2 N–H and O–H groups in total. The summed E-state index contributed by atoms with van der Waals surface area (Å²) in [6.07, 6.45) is 0.799. The molecule has 3 aromatic rings. The van der Waals surface area contributed by atoms with Gasteiger partial charge < -0.3 is 5.32 Å². The second-order valence-electron chi connectivity index (χ2n) is 5.80. The molecular weight excluding hydrogens is 324 g/mol. The number of aromatic nitrogens is 5. The molecular formula is C17H21ClN6. The minimum absolute atomic E-state index is 0.726. The maximum absolute atomic E-state index is 5.96. The van der Waals surface area contributed by atoms with Gasteiger partial charge in [0.25, 0.3) is 0 Å². The van der Waals surface area contributed by atoms with Crippen LogP contribution in [0.25, 0.3) is 5.69 Å². The normalized spacial score (nSPS) is 11.2. The van der Waals surface area contributed by atoms with Crippen LogP contribution in [0.4, 0.5) is 0 Å². The average Bonchev–Trinajstić information content (AvgIpc) is 3.09. The summed E-state index contributed by atoms with van der Waals surface area (Å²) in [6, 6.07) is 7.71. The molecule has 0 aliphatic heterocycles. The van der Waals surface area contributed by atoms with E-state index in [-0.39, 0.29) is 0 Å². The number of benzene rings is 1.